The van der Waals surface area contributed by atoms with Crippen molar-refractivity contribution in [1.29, 1.82) is 0 Å². The Morgan fingerprint density at radius 3 is 2.36 bits per heavy atom. The van der Waals surface area contributed by atoms with Crippen molar-refractivity contribution in [3.63, 3.8) is 0 Å². The monoisotopic (exact) mass is 258 g/mol. The maximum atomic E-state index is 11.7. The average molecular weight is 259 g/mol. The number of hydrogen-bond donors (Lipinski definition) is 0. The molecule has 2 nitrogen and oxygen atoms in total. The van der Waals surface area contributed by atoms with Crippen molar-refractivity contribution in [1.82, 2.24) is 0 Å². The van der Waals surface area contributed by atoms with Crippen molar-refractivity contribution in [3.8, 4) is 0 Å². The van der Waals surface area contributed by atoms with Crippen molar-refractivity contribution in [3.05, 3.63) is 12.2 Å². The molecule has 1 saturated carbocycles. The molecule has 0 amide bonds. The van der Waals surface area contributed by atoms with Crippen LogP contribution in [0.25, 0.3) is 0 Å². The Labute approximate surface area is 92.9 Å². The summed E-state index contributed by atoms with van der Waals surface area (Å²) in [7, 11) is 0. The van der Waals surface area contributed by atoms with Gasteiger partial charge in [-0.2, -0.15) is 0 Å². The molecule has 78 valence electrons. The van der Waals surface area contributed by atoms with Gasteiger partial charge in [-0.25, -0.2) is 0 Å². The smallest absolute Gasteiger partial charge is 0.146 e. The predicted molar refractivity (Wildman–Crippen MR) is 59.5 cm³/mol. The maximum Gasteiger partial charge on any atom is 0.146 e. The molecular formula is C11H15BrO2. The van der Waals surface area contributed by atoms with Crippen LogP contribution in [0.1, 0.15) is 32.6 Å². The van der Waals surface area contributed by atoms with Crippen LogP contribution in [0, 0.1) is 5.41 Å². The highest BCUT2D eigenvalue weighted by molar-refractivity contribution is 9.09. The molecule has 0 aromatic heterocycles. The first-order chi connectivity index (χ1) is 6.61. The Hall–Kier alpha value is -0.440. The number of ketones is 2. The molecule has 0 aromatic carbocycles. The van der Waals surface area contributed by atoms with Crippen molar-refractivity contribution in [2.24, 2.45) is 5.41 Å². The second-order valence-electron chi connectivity index (χ2n) is 3.86. The summed E-state index contributed by atoms with van der Waals surface area (Å²) in [6.07, 6.45) is 6.25. The Morgan fingerprint density at radius 1 is 1.29 bits per heavy atom. The number of alkyl halides is 1. The summed E-state index contributed by atoms with van der Waals surface area (Å²) in [5.74, 6) is 0.209. The van der Waals surface area contributed by atoms with Crippen LogP contribution in [-0.2, 0) is 9.59 Å². The van der Waals surface area contributed by atoms with Gasteiger partial charge < -0.3 is 0 Å². The summed E-state index contributed by atoms with van der Waals surface area (Å²) in [6.45, 7) is 1.77. The minimum Gasteiger partial charge on any atom is -0.299 e. The molecule has 1 rings (SSSR count). The standard InChI is InChI=1S/C11H15BrO2/c1-11(7-2-3-8-12)9(13)5-4-6-10(11)14/h2-3H,4-8H2,1H3/b3-2+. The molecule has 0 heterocycles. The summed E-state index contributed by atoms with van der Waals surface area (Å²) in [6, 6.07) is 0. The number of Topliss-reactive ketones (excluding diaryl/α,β-unsaturated/α-hetero) is 2. The third-order valence-electron chi connectivity index (χ3n) is 2.82. The fourth-order valence-electron chi connectivity index (χ4n) is 1.73. The Balaban J connectivity index is 2.72. The number of carbonyl (C=O) groups excluding carboxylic acids is 2. The van der Waals surface area contributed by atoms with Gasteiger partial charge in [0.05, 0.1) is 5.41 Å². The quantitative estimate of drug-likeness (QED) is 0.443. The maximum absolute atomic E-state index is 11.7. The molecule has 1 aliphatic rings. The average Bonchev–Trinajstić information content (AvgIpc) is 2.15. The Morgan fingerprint density at radius 2 is 1.86 bits per heavy atom. The minimum atomic E-state index is -0.739. The van der Waals surface area contributed by atoms with Gasteiger partial charge in [0, 0.05) is 18.2 Å². The van der Waals surface area contributed by atoms with E-state index in [1.165, 1.54) is 0 Å². The van der Waals surface area contributed by atoms with E-state index in [9.17, 15) is 9.59 Å². The fourth-order valence-corrected chi connectivity index (χ4v) is 1.99. The largest absolute Gasteiger partial charge is 0.299 e. The van der Waals surface area contributed by atoms with Crippen LogP contribution in [0.5, 0.6) is 0 Å². The van der Waals surface area contributed by atoms with Gasteiger partial charge in [0.25, 0.3) is 0 Å². The van der Waals surface area contributed by atoms with Crippen LogP contribution in [0.4, 0.5) is 0 Å². The van der Waals surface area contributed by atoms with Crippen LogP contribution < -0.4 is 0 Å². The first-order valence-corrected chi connectivity index (χ1v) is 6.01. The number of allylic oxidation sites excluding steroid dienone is 2. The zero-order valence-corrected chi connectivity index (χ0v) is 9.97. The Kier molecular flexibility index (Phi) is 4.05. The first kappa shape index (κ1) is 11.6. The van der Waals surface area contributed by atoms with Crippen LogP contribution >= 0.6 is 15.9 Å². The van der Waals surface area contributed by atoms with E-state index in [1.807, 2.05) is 12.2 Å². The highest BCUT2D eigenvalue weighted by Crippen LogP contribution is 2.33. The van der Waals surface area contributed by atoms with Gasteiger partial charge in [-0.3, -0.25) is 9.59 Å². The topological polar surface area (TPSA) is 34.1 Å². The lowest BCUT2D eigenvalue weighted by Gasteiger charge is -2.29. The molecule has 3 heteroatoms. The lowest BCUT2D eigenvalue weighted by Crippen LogP contribution is -2.39. The highest BCUT2D eigenvalue weighted by Gasteiger charge is 2.41. The second kappa shape index (κ2) is 4.87. The molecular weight excluding hydrogens is 244 g/mol. The second-order valence-corrected chi connectivity index (χ2v) is 4.51. The highest BCUT2D eigenvalue weighted by atomic mass is 79.9. The van der Waals surface area contributed by atoms with Crippen molar-refractivity contribution < 1.29 is 9.59 Å². The fraction of sp³-hybridized carbons (Fsp3) is 0.636. The molecule has 0 bridgehead atoms. The van der Waals surface area contributed by atoms with E-state index >= 15 is 0 Å². The normalized spacial score (nSPS) is 21.9. The molecule has 1 fully saturated rings. The molecule has 1 aliphatic carbocycles. The summed E-state index contributed by atoms with van der Waals surface area (Å²) in [5, 5.41) is 0.769. The van der Waals surface area contributed by atoms with Crippen LogP contribution in [0.2, 0.25) is 0 Å². The molecule has 0 aromatic rings. The van der Waals surface area contributed by atoms with E-state index in [4.69, 9.17) is 0 Å². The third-order valence-corrected chi connectivity index (χ3v) is 3.19. The number of carbonyl (C=O) groups is 2. The lowest BCUT2D eigenvalue weighted by atomic mass is 9.71. The lowest BCUT2D eigenvalue weighted by molar-refractivity contribution is -0.142. The zero-order chi connectivity index (χ0) is 10.6. The van der Waals surface area contributed by atoms with Crippen LogP contribution in [0.15, 0.2) is 12.2 Å². The molecule has 0 saturated heterocycles. The van der Waals surface area contributed by atoms with E-state index in [-0.39, 0.29) is 11.6 Å². The molecule has 0 N–H and O–H groups in total. The predicted octanol–water partition coefficient (Wildman–Crippen LogP) is 2.66. The zero-order valence-electron chi connectivity index (χ0n) is 8.38. The molecule has 0 spiro atoms. The molecule has 0 aliphatic heterocycles. The van der Waals surface area contributed by atoms with Crippen molar-refractivity contribution in [2.75, 3.05) is 5.33 Å². The number of rotatable bonds is 3. The van der Waals surface area contributed by atoms with Gasteiger partial charge in [0.1, 0.15) is 11.6 Å². The minimum absolute atomic E-state index is 0.105. The van der Waals surface area contributed by atoms with Crippen molar-refractivity contribution in [2.45, 2.75) is 32.6 Å². The van der Waals surface area contributed by atoms with E-state index in [0.717, 1.165) is 11.8 Å². The molecule has 0 atom stereocenters. The van der Waals surface area contributed by atoms with E-state index in [0.29, 0.717) is 19.3 Å². The molecule has 14 heavy (non-hydrogen) atoms. The third kappa shape index (κ3) is 2.32. The molecule has 0 radical (unpaired) electrons. The van der Waals surface area contributed by atoms with E-state index in [2.05, 4.69) is 15.9 Å². The van der Waals surface area contributed by atoms with E-state index in [1.54, 1.807) is 6.92 Å². The van der Waals surface area contributed by atoms with Crippen molar-refractivity contribution >= 4 is 27.5 Å². The first-order valence-electron chi connectivity index (χ1n) is 4.89. The van der Waals surface area contributed by atoms with Crippen LogP contribution in [-0.4, -0.2) is 16.9 Å². The Bertz CT molecular complexity index is 252. The summed E-state index contributed by atoms with van der Waals surface area (Å²) >= 11 is 3.27. The van der Waals surface area contributed by atoms with Gasteiger partial charge >= 0.3 is 0 Å². The van der Waals surface area contributed by atoms with Gasteiger partial charge in [0.15, 0.2) is 0 Å². The van der Waals surface area contributed by atoms with Gasteiger partial charge in [-0.1, -0.05) is 28.1 Å². The SMILES string of the molecule is CC1(C/C=C/CBr)C(=O)CCCC1=O. The summed E-state index contributed by atoms with van der Waals surface area (Å²) in [4.78, 5) is 23.3. The number of hydrogen-bond acceptors (Lipinski definition) is 2. The number of halogens is 1. The van der Waals surface area contributed by atoms with Gasteiger partial charge in [-0.05, 0) is 19.8 Å². The summed E-state index contributed by atoms with van der Waals surface area (Å²) in [5.41, 5.74) is -0.739. The summed E-state index contributed by atoms with van der Waals surface area (Å²) < 4.78 is 0. The van der Waals surface area contributed by atoms with Gasteiger partial charge in [-0.15, -0.1) is 0 Å². The van der Waals surface area contributed by atoms with Crippen LogP contribution in [0.3, 0.4) is 0 Å². The van der Waals surface area contributed by atoms with E-state index < -0.39 is 5.41 Å². The molecule has 0 unspecified atom stereocenters. The van der Waals surface area contributed by atoms with Gasteiger partial charge in [0.2, 0.25) is 0 Å².